The third kappa shape index (κ3) is 4.40. The van der Waals surface area contributed by atoms with Gasteiger partial charge in [0.25, 0.3) is 5.78 Å². The number of ether oxygens (including phenoxy) is 6. The minimum atomic E-state index is -1.09. The van der Waals surface area contributed by atoms with Gasteiger partial charge in [-0.2, -0.15) is 0 Å². The number of fused-ring (bicyclic) bond motifs is 2. The molecule has 1 aromatic heterocycles. The van der Waals surface area contributed by atoms with E-state index in [1.165, 1.54) is 37.6 Å². The fourth-order valence-electron chi connectivity index (χ4n) is 5.07. The summed E-state index contributed by atoms with van der Waals surface area (Å²) in [5.41, 5.74) is 1.19. The quantitative estimate of drug-likeness (QED) is 0.183. The normalized spacial score (nSPS) is 17.4. The van der Waals surface area contributed by atoms with Crippen molar-refractivity contribution < 1.29 is 43.1 Å². The van der Waals surface area contributed by atoms with Crippen LogP contribution in [0, 0.1) is 0 Å². The topological polar surface area (TPSA) is 126 Å². The summed E-state index contributed by atoms with van der Waals surface area (Å²) in [6, 6.07) is 12.4. The first kappa shape index (κ1) is 27.2. The molecular formula is C30H26N2O9S. The number of aliphatic hydroxyl groups is 1. The molecular weight excluding hydrogens is 564 g/mol. The van der Waals surface area contributed by atoms with Crippen molar-refractivity contribution >= 4 is 44.1 Å². The summed E-state index contributed by atoms with van der Waals surface area (Å²) in [6.07, 6.45) is 0. The average molecular weight is 591 g/mol. The van der Waals surface area contributed by atoms with Crippen molar-refractivity contribution in [2.75, 3.05) is 46.6 Å². The standard InChI is InChI=1S/C30H26N2O9S/c1-36-17-6-7-18-23(14-17)42-30(31-18)32-25(16-12-21(37-2)28(39-4)22(13-16)38-3)24(27(34)29(32)35)26(33)15-5-8-19-20(11-15)41-10-9-40-19/h5-8,11-14,25,33H,9-10H2,1-4H3/t25-/m0/s1. The maximum atomic E-state index is 13.7. The van der Waals surface area contributed by atoms with Crippen molar-refractivity contribution in [3.8, 4) is 34.5 Å². The number of benzene rings is 3. The molecule has 1 atom stereocenters. The van der Waals surface area contributed by atoms with E-state index in [9.17, 15) is 14.7 Å². The van der Waals surface area contributed by atoms with E-state index in [2.05, 4.69) is 4.98 Å². The molecule has 216 valence electrons. The summed E-state index contributed by atoms with van der Waals surface area (Å²) in [4.78, 5) is 33.4. The number of anilines is 1. The fraction of sp³-hybridized carbons (Fsp3) is 0.233. The van der Waals surface area contributed by atoms with E-state index >= 15 is 0 Å². The lowest BCUT2D eigenvalue weighted by Gasteiger charge is -2.25. The van der Waals surface area contributed by atoms with Crippen molar-refractivity contribution in [1.82, 2.24) is 4.98 Å². The van der Waals surface area contributed by atoms with Crippen LogP contribution in [0.5, 0.6) is 34.5 Å². The first-order valence-corrected chi connectivity index (χ1v) is 13.7. The molecule has 1 amide bonds. The minimum absolute atomic E-state index is 0.136. The van der Waals surface area contributed by atoms with Crippen LogP contribution in [0.1, 0.15) is 17.2 Å². The Morgan fingerprint density at radius 2 is 1.62 bits per heavy atom. The van der Waals surface area contributed by atoms with Crippen molar-refractivity contribution in [2.45, 2.75) is 6.04 Å². The van der Waals surface area contributed by atoms with Crippen LogP contribution in [0.25, 0.3) is 16.0 Å². The zero-order chi connectivity index (χ0) is 29.5. The first-order chi connectivity index (χ1) is 20.4. The molecule has 4 aromatic rings. The molecule has 0 radical (unpaired) electrons. The van der Waals surface area contributed by atoms with Gasteiger partial charge in [-0.25, -0.2) is 4.98 Å². The van der Waals surface area contributed by atoms with Gasteiger partial charge in [-0.15, -0.1) is 0 Å². The zero-order valence-corrected chi connectivity index (χ0v) is 23.9. The molecule has 11 nitrogen and oxygen atoms in total. The van der Waals surface area contributed by atoms with Gasteiger partial charge in [-0.05, 0) is 54.1 Å². The van der Waals surface area contributed by atoms with Gasteiger partial charge in [0.2, 0.25) is 5.75 Å². The highest BCUT2D eigenvalue weighted by Crippen LogP contribution is 2.48. The smallest absolute Gasteiger partial charge is 0.301 e. The highest BCUT2D eigenvalue weighted by molar-refractivity contribution is 7.22. The van der Waals surface area contributed by atoms with Crippen molar-refractivity contribution in [3.05, 3.63) is 65.2 Å². The number of Topliss-reactive ketones (excluding diaryl/α,β-unsaturated/α-hetero) is 1. The number of rotatable bonds is 7. The Kier molecular flexibility index (Phi) is 6.99. The number of aliphatic hydroxyl groups excluding tert-OH is 1. The number of hydrogen-bond donors (Lipinski definition) is 1. The molecule has 1 fully saturated rings. The molecule has 2 aliphatic rings. The van der Waals surface area contributed by atoms with Gasteiger partial charge in [0.1, 0.15) is 24.7 Å². The third-order valence-electron chi connectivity index (χ3n) is 7.05. The summed E-state index contributed by atoms with van der Waals surface area (Å²) in [6.45, 7) is 0.744. The predicted molar refractivity (Wildman–Crippen MR) is 154 cm³/mol. The summed E-state index contributed by atoms with van der Waals surface area (Å²) < 4.78 is 34.0. The molecule has 3 heterocycles. The van der Waals surface area contributed by atoms with Gasteiger partial charge in [0, 0.05) is 5.56 Å². The first-order valence-electron chi connectivity index (χ1n) is 12.8. The molecule has 0 unspecified atom stereocenters. The average Bonchev–Trinajstić information content (AvgIpc) is 3.56. The molecule has 0 aliphatic carbocycles. The number of nitrogens with zero attached hydrogens (tertiary/aromatic N) is 2. The summed E-state index contributed by atoms with van der Waals surface area (Å²) >= 11 is 1.22. The maximum Gasteiger partial charge on any atom is 0.301 e. The molecule has 2 aliphatic heterocycles. The van der Waals surface area contributed by atoms with Gasteiger partial charge in [0.05, 0.1) is 50.3 Å². The van der Waals surface area contributed by atoms with Crippen LogP contribution in [0.15, 0.2) is 54.1 Å². The molecule has 0 spiro atoms. The van der Waals surface area contributed by atoms with E-state index in [0.717, 1.165) is 4.70 Å². The summed E-state index contributed by atoms with van der Waals surface area (Å²) in [7, 11) is 5.97. The van der Waals surface area contributed by atoms with Crippen LogP contribution in [-0.2, 0) is 9.59 Å². The number of carbonyl (C=O) groups excluding carboxylic acids is 2. The second kappa shape index (κ2) is 10.8. The Morgan fingerprint density at radius 1 is 0.905 bits per heavy atom. The number of hydrogen-bond acceptors (Lipinski definition) is 11. The van der Waals surface area contributed by atoms with Crippen LogP contribution >= 0.6 is 11.3 Å². The Hall–Kier alpha value is -4.97. The minimum Gasteiger partial charge on any atom is -0.507 e. The second-order valence-electron chi connectivity index (χ2n) is 9.32. The number of amides is 1. The molecule has 12 heteroatoms. The van der Waals surface area contributed by atoms with E-state index in [-0.39, 0.29) is 22.0 Å². The molecule has 1 saturated heterocycles. The van der Waals surface area contributed by atoms with E-state index < -0.39 is 17.7 Å². The van der Waals surface area contributed by atoms with Crippen LogP contribution in [0.3, 0.4) is 0 Å². The van der Waals surface area contributed by atoms with E-state index in [1.807, 2.05) is 0 Å². The van der Waals surface area contributed by atoms with Crippen LogP contribution in [0.2, 0.25) is 0 Å². The Labute approximate surface area is 244 Å². The van der Waals surface area contributed by atoms with E-state index in [1.54, 1.807) is 55.6 Å². The van der Waals surface area contributed by atoms with E-state index in [0.29, 0.717) is 58.8 Å². The van der Waals surface area contributed by atoms with Gasteiger partial charge in [0.15, 0.2) is 28.1 Å². The van der Waals surface area contributed by atoms with Crippen LogP contribution < -0.4 is 33.3 Å². The Balaban J connectivity index is 1.58. The number of thiazole rings is 1. The number of aromatic nitrogens is 1. The number of ketones is 1. The fourth-order valence-corrected chi connectivity index (χ4v) is 6.09. The van der Waals surface area contributed by atoms with Crippen molar-refractivity contribution in [2.24, 2.45) is 0 Å². The highest BCUT2D eigenvalue weighted by atomic mass is 32.1. The van der Waals surface area contributed by atoms with Crippen molar-refractivity contribution in [3.63, 3.8) is 0 Å². The molecule has 0 saturated carbocycles. The largest absolute Gasteiger partial charge is 0.507 e. The van der Waals surface area contributed by atoms with Gasteiger partial charge >= 0.3 is 5.91 Å². The SMILES string of the molecule is COc1ccc2nc(N3C(=O)C(=O)C(=C(O)c4ccc5c(c4)OCCO5)[C@@H]3c3cc(OC)c(OC)c(OC)c3)sc2c1. The predicted octanol–water partition coefficient (Wildman–Crippen LogP) is 4.73. The lowest BCUT2D eigenvalue weighted by molar-refractivity contribution is -0.132. The lowest BCUT2D eigenvalue weighted by atomic mass is 9.94. The number of methoxy groups -OCH3 is 4. The van der Waals surface area contributed by atoms with Crippen LogP contribution in [-0.4, -0.2) is 63.4 Å². The summed E-state index contributed by atoms with van der Waals surface area (Å²) in [5.74, 6) is 0.412. The lowest BCUT2D eigenvalue weighted by Crippen LogP contribution is -2.29. The van der Waals surface area contributed by atoms with E-state index in [4.69, 9.17) is 28.4 Å². The number of carbonyl (C=O) groups is 2. The maximum absolute atomic E-state index is 13.7. The van der Waals surface area contributed by atoms with Gasteiger partial charge in [-0.3, -0.25) is 14.5 Å². The third-order valence-corrected chi connectivity index (χ3v) is 8.07. The zero-order valence-electron chi connectivity index (χ0n) is 23.1. The molecule has 6 rings (SSSR count). The van der Waals surface area contributed by atoms with Gasteiger partial charge < -0.3 is 33.5 Å². The molecule has 3 aromatic carbocycles. The Bertz CT molecular complexity index is 1740. The second-order valence-corrected chi connectivity index (χ2v) is 10.3. The Morgan fingerprint density at radius 3 is 2.29 bits per heavy atom. The molecule has 42 heavy (non-hydrogen) atoms. The summed E-state index contributed by atoms with van der Waals surface area (Å²) in [5, 5.41) is 11.9. The molecule has 1 N–H and O–H groups in total. The monoisotopic (exact) mass is 590 g/mol. The van der Waals surface area contributed by atoms with Crippen molar-refractivity contribution in [1.29, 1.82) is 0 Å². The highest BCUT2D eigenvalue weighted by Gasteiger charge is 2.48. The van der Waals surface area contributed by atoms with Gasteiger partial charge in [-0.1, -0.05) is 11.3 Å². The molecule has 0 bridgehead atoms. The van der Waals surface area contributed by atoms with Crippen LogP contribution in [0.4, 0.5) is 5.13 Å².